The van der Waals surface area contributed by atoms with Crippen LogP contribution < -0.4 is 14.5 Å². The third-order valence-corrected chi connectivity index (χ3v) is 5.06. The number of aliphatic hydroxyl groups excluding tert-OH is 1. The Labute approximate surface area is 155 Å². The van der Waals surface area contributed by atoms with Crippen molar-refractivity contribution in [1.29, 1.82) is 0 Å². The first-order valence-corrected chi connectivity index (χ1v) is 9.15. The van der Waals surface area contributed by atoms with Crippen molar-refractivity contribution in [3.63, 3.8) is 0 Å². The summed E-state index contributed by atoms with van der Waals surface area (Å²) in [5.41, 5.74) is -0.156. The Hall–Kier alpha value is -2.34. The number of hydrogen-bond acceptors (Lipinski definition) is 6. The highest BCUT2D eigenvalue weighted by Gasteiger charge is 2.35. The summed E-state index contributed by atoms with van der Waals surface area (Å²) in [7, 11) is 3.95. The molecule has 0 bridgehead atoms. The van der Waals surface area contributed by atoms with Gasteiger partial charge < -0.3 is 19.6 Å². The third kappa shape index (κ3) is 4.43. The molecule has 0 saturated carbocycles. The normalized spacial score (nSPS) is 20.0. The molecule has 1 N–H and O–H groups in total. The fraction of sp³-hybridized carbons (Fsp3) is 0.500. The lowest BCUT2D eigenvalue weighted by molar-refractivity contribution is 0.0792. The van der Waals surface area contributed by atoms with Gasteiger partial charge in [0.25, 0.3) is 0 Å². The summed E-state index contributed by atoms with van der Waals surface area (Å²) in [6.07, 6.45) is 4.47. The van der Waals surface area contributed by atoms with Gasteiger partial charge in [-0.3, -0.25) is 0 Å². The molecule has 6 nitrogen and oxygen atoms in total. The minimum Gasteiger partial charge on any atom is -0.494 e. The van der Waals surface area contributed by atoms with Crippen LogP contribution in [-0.2, 0) is 0 Å². The summed E-state index contributed by atoms with van der Waals surface area (Å²) in [4.78, 5) is 13.0. The van der Waals surface area contributed by atoms with Gasteiger partial charge in [0.2, 0.25) is 0 Å². The first kappa shape index (κ1) is 18.5. The predicted molar refractivity (Wildman–Crippen MR) is 104 cm³/mol. The molecule has 0 amide bonds. The van der Waals surface area contributed by atoms with E-state index in [9.17, 15) is 5.11 Å². The van der Waals surface area contributed by atoms with E-state index >= 15 is 0 Å². The highest BCUT2D eigenvalue weighted by Crippen LogP contribution is 2.35. The molecule has 2 aromatic rings. The van der Waals surface area contributed by atoms with Crippen LogP contribution in [0, 0.1) is 5.41 Å². The van der Waals surface area contributed by atoms with E-state index in [2.05, 4.69) is 14.9 Å². The molecule has 26 heavy (non-hydrogen) atoms. The Bertz CT molecular complexity index is 695. The lowest BCUT2D eigenvalue weighted by Gasteiger charge is -2.42. The second-order valence-corrected chi connectivity index (χ2v) is 7.22. The molecule has 1 fully saturated rings. The first-order valence-electron chi connectivity index (χ1n) is 9.15. The molecule has 1 aromatic heterocycles. The average molecular weight is 356 g/mol. The molecule has 1 aliphatic rings. The van der Waals surface area contributed by atoms with Gasteiger partial charge >= 0.3 is 0 Å². The van der Waals surface area contributed by atoms with Crippen LogP contribution in [0.5, 0.6) is 5.75 Å². The van der Waals surface area contributed by atoms with Crippen LogP contribution in [0.25, 0.3) is 0 Å². The SMILES string of the molecule is CN(C)c1cc(N2CCC[C@@](CO)(CCOc3ccccc3)C2)ncn1. The van der Waals surface area contributed by atoms with Crippen LogP contribution in [0.15, 0.2) is 42.7 Å². The minimum absolute atomic E-state index is 0.156. The van der Waals surface area contributed by atoms with Crippen LogP contribution in [-0.4, -0.2) is 55.5 Å². The van der Waals surface area contributed by atoms with Crippen molar-refractivity contribution in [1.82, 2.24) is 9.97 Å². The molecule has 0 aliphatic carbocycles. The summed E-state index contributed by atoms with van der Waals surface area (Å²) >= 11 is 0. The molecule has 0 spiro atoms. The summed E-state index contributed by atoms with van der Waals surface area (Å²) < 4.78 is 5.87. The summed E-state index contributed by atoms with van der Waals surface area (Å²) in [5, 5.41) is 10.1. The fourth-order valence-corrected chi connectivity index (χ4v) is 3.47. The number of para-hydroxylation sites is 1. The van der Waals surface area contributed by atoms with Crippen LogP contribution in [0.2, 0.25) is 0 Å². The Balaban J connectivity index is 1.65. The number of aliphatic hydroxyl groups is 1. The molecule has 0 unspecified atom stereocenters. The number of hydrogen-bond donors (Lipinski definition) is 1. The van der Waals surface area contributed by atoms with Crippen molar-refractivity contribution in [2.24, 2.45) is 5.41 Å². The van der Waals surface area contributed by atoms with E-state index in [0.29, 0.717) is 6.61 Å². The summed E-state index contributed by atoms with van der Waals surface area (Å²) in [6.45, 7) is 2.50. The first-order chi connectivity index (χ1) is 12.6. The van der Waals surface area contributed by atoms with Crippen molar-refractivity contribution in [3.8, 4) is 5.75 Å². The van der Waals surface area contributed by atoms with Crippen molar-refractivity contribution >= 4 is 11.6 Å². The maximum atomic E-state index is 10.1. The van der Waals surface area contributed by atoms with Crippen molar-refractivity contribution in [2.75, 3.05) is 50.2 Å². The van der Waals surface area contributed by atoms with E-state index < -0.39 is 0 Å². The van der Waals surface area contributed by atoms with Crippen LogP contribution in [0.1, 0.15) is 19.3 Å². The van der Waals surface area contributed by atoms with E-state index in [1.54, 1.807) is 6.33 Å². The van der Waals surface area contributed by atoms with Gasteiger partial charge in [-0.15, -0.1) is 0 Å². The average Bonchev–Trinajstić information content (AvgIpc) is 2.69. The van der Waals surface area contributed by atoms with E-state index in [1.165, 1.54) is 0 Å². The molecule has 2 heterocycles. The van der Waals surface area contributed by atoms with Gasteiger partial charge in [-0.1, -0.05) is 18.2 Å². The second kappa shape index (κ2) is 8.36. The van der Waals surface area contributed by atoms with E-state index in [-0.39, 0.29) is 12.0 Å². The molecule has 1 atom stereocenters. The predicted octanol–water partition coefficient (Wildman–Crippen LogP) is 2.59. The van der Waals surface area contributed by atoms with Crippen molar-refractivity contribution in [3.05, 3.63) is 42.7 Å². The lowest BCUT2D eigenvalue weighted by Crippen LogP contribution is -2.46. The Morgan fingerprint density at radius 1 is 1.23 bits per heavy atom. The smallest absolute Gasteiger partial charge is 0.134 e. The highest BCUT2D eigenvalue weighted by atomic mass is 16.5. The number of piperidine rings is 1. The molecule has 6 heteroatoms. The molecular weight excluding hydrogens is 328 g/mol. The second-order valence-electron chi connectivity index (χ2n) is 7.22. The maximum absolute atomic E-state index is 10.1. The van der Waals surface area contributed by atoms with Crippen LogP contribution >= 0.6 is 0 Å². The lowest BCUT2D eigenvalue weighted by atomic mass is 9.78. The maximum Gasteiger partial charge on any atom is 0.134 e. The number of rotatable bonds is 7. The molecule has 1 aromatic carbocycles. The fourth-order valence-electron chi connectivity index (χ4n) is 3.47. The third-order valence-electron chi connectivity index (χ3n) is 5.06. The topological polar surface area (TPSA) is 61.7 Å². The van der Waals surface area contributed by atoms with Crippen molar-refractivity contribution in [2.45, 2.75) is 19.3 Å². The quantitative estimate of drug-likeness (QED) is 0.823. The Morgan fingerprint density at radius 2 is 2.04 bits per heavy atom. The minimum atomic E-state index is -0.156. The van der Waals surface area contributed by atoms with Crippen LogP contribution in [0.3, 0.4) is 0 Å². The molecule has 1 aliphatic heterocycles. The van der Waals surface area contributed by atoms with Gasteiger partial charge in [0.15, 0.2) is 0 Å². The van der Waals surface area contributed by atoms with E-state index in [0.717, 1.165) is 49.7 Å². The summed E-state index contributed by atoms with van der Waals surface area (Å²) in [5.74, 6) is 2.69. The van der Waals surface area contributed by atoms with Gasteiger partial charge in [-0.25, -0.2) is 9.97 Å². The zero-order valence-corrected chi connectivity index (χ0v) is 15.6. The van der Waals surface area contributed by atoms with E-state index in [1.807, 2.05) is 55.4 Å². The molecule has 0 radical (unpaired) electrons. The number of ether oxygens (including phenoxy) is 1. The van der Waals surface area contributed by atoms with E-state index in [4.69, 9.17) is 4.74 Å². The van der Waals surface area contributed by atoms with Gasteiger partial charge in [-0.05, 0) is 31.4 Å². The van der Waals surface area contributed by atoms with Gasteiger partial charge in [0, 0.05) is 38.7 Å². The highest BCUT2D eigenvalue weighted by molar-refractivity contribution is 5.49. The van der Waals surface area contributed by atoms with Crippen LogP contribution in [0.4, 0.5) is 11.6 Å². The summed E-state index contributed by atoms with van der Waals surface area (Å²) in [6, 6.07) is 11.8. The molecule has 140 valence electrons. The van der Waals surface area contributed by atoms with Gasteiger partial charge in [0.05, 0.1) is 13.2 Å². The largest absolute Gasteiger partial charge is 0.494 e. The molecular formula is C20H28N4O2. The molecule has 3 rings (SSSR count). The number of aromatic nitrogens is 2. The van der Waals surface area contributed by atoms with Gasteiger partial charge in [0.1, 0.15) is 23.7 Å². The molecule has 1 saturated heterocycles. The number of nitrogens with zero attached hydrogens (tertiary/aromatic N) is 4. The zero-order valence-electron chi connectivity index (χ0n) is 15.6. The number of anilines is 2. The number of benzene rings is 1. The standard InChI is InChI=1S/C20H28N4O2/c1-23(2)18-13-19(22-16-21-18)24-11-6-9-20(14-24,15-25)10-12-26-17-7-4-3-5-8-17/h3-5,7-8,13,16,25H,6,9-12,14-15H2,1-2H3/t20-/m1/s1. The Morgan fingerprint density at radius 3 is 2.77 bits per heavy atom. The Kier molecular flexibility index (Phi) is 5.93. The van der Waals surface area contributed by atoms with Crippen molar-refractivity contribution < 1.29 is 9.84 Å². The monoisotopic (exact) mass is 356 g/mol. The van der Waals surface area contributed by atoms with Gasteiger partial charge in [-0.2, -0.15) is 0 Å². The zero-order chi connectivity index (χ0) is 18.4.